The van der Waals surface area contributed by atoms with Crippen LogP contribution in [0.2, 0.25) is 0 Å². The maximum atomic E-state index is 13.3. The molecular weight excluding hydrogens is 466 g/mol. The van der Waals surface area contributed by atoms with E-state index in [4.69, 9.17) is 22.1 Å². The standard InChI is InChI=1S/C30H39N3O2S/c1-5-35-25(34)29(4)15-9-14-28(3)22(29)13-17-30-19-27(2,16-12-23(28)30)24-21(30)18-33(32-24)26(36)31-20-10-7-6-8-11-20/h6-8,10-11,18,22-23H,5,9,12-17,19H2,1-4H3,(H,31,36)/t22-,23-,27-,28+,29+,30+/m0/s1. The highest BCUT2D eigenvalue weighted by molar-refractivity contribution is 7.80. The van der Waals surface area contributed by atoms with Crippen molar-refractivity contribution in [2.24, 2.45) is 22.7 Å². The van der Waals surface area contributed by atoms with Crippen LogP contribution >= 0.6 is 12.2 Å². The van der Waals surface area contributed by atoms with Crippen LogP contribution in [-0.4, -0.2) is 27.5 Å². The molecule has 0 unspecified atom stereocenters. The number of aromatic nitrogens is 2. The number of ether oxygens (including phenoxy) is 1. The third-order valence-corrected chi connectivity index (χ3v) is 11.1. The van der Waals surface area contributed by atoms with E-state index in [1.54, 1.807) is 0 Å². The van der Waals surface area contributed by atoms with Crippen LogP contribution in [0.5, 0.6) is 0 Å². The molecule has 4 aliphatic carbocycles. The van der Waals surface area contributed by atoms with Gasteiger partial charge in [-0.05, 0) is 100 Å². The van der Waals surface area contributed by atoms with E-state index in [2.05, 4.69) is 32.3 Å². The molecule has 0 saturated heterocycles. The molecule has 2 aromatic rings. The average molecular weight is 506 g/mol. The molecule has 5 nitrogen and oxygen atoms in total. The fraction of sp³-hybridized carbons (Fsp3) is 0.633. The summed E-state index contributed by atoms with van der Waals surface area (Å²) in [5, 5.41) is 9.12. The van der Waals surface area contributed by atoms with Gasteiger partial charge in [0.2, 0.25) is 0 Å². The maximum Gasteiger partial charge on any atom is 0.312 e. The lowest BCUT2D eigenvalue weighted by Gasteiger charge is -2.64. The highest BCUT2D eigenvalue weighted by Gasteiger charge is 2.68. The molecule has 3 saturated carbocycles. The third-order valence-electron chi connectivity index (χ3n) is 10.8. The molecular formula is C30H39N3O2S. The lowest BCUT2D eigenvalue weighted by Crippen LogP contribution is -2.60. The zero-order valence-corrected chi connectivity index (χ0v) is 22.9. The van der Waals surface area contributed by atoms with Gasteiger partial charge in [-0.3, -0.25) is 4.79 Å². The minimum atomic E-state index is -0.377. The molecule has 1 aromatic carbocycles. The van der Waals surface area contributed by atoms with Gasteiger partial charge in [0.05, 0.1) is 17.7 Å². The third kappa shape index (κ3) is 3.22. The van der Waals surface area contributed by atoms with E-state index in [1.165, 1.54) is 30.5 Å². The van der Waals surface area contributed by atoms with Crippen LogP contribution < -0.4 is 5.32 Å². The van der Waals surface area contributed by atoms with Crippen molar-refractivity contribution in [3.8, 4) is 0 Å². The molecule has 1 N–H and O–H groups in total. The minimum absolute atomic E-state index is 0.0230. The van der Waals surface area contributed by atoms with Gasteiger partial charge in [0.15, 0.2) is 5.11 Å². The Morgan fingerprint density at radius 1 is 1.11 bits per heavy atom. The van der Waals surface area contributed by atoms with Crippen molar-refractivity contribution in [1.29, 1.82) is 0 Å². The number of esters is 1. The molecule has 1 aromatic heterocycles. The number of anilines is 1. The van der Waals surface area contributed by atoms with Crippen molar-refractivity contribution in [2.75, 3.05) is 11.9 Å². The van der Waals surface area contributed by atoms with Crippen LogP contribution in [0.15, 0.2) is 36.5 Å². The lowest BCUT2D eigenvalue weighted by atomic mass is 9.40. The van der Waals surface area contributed by atoms with Gasteiger partial charge in [-0.15, -0.1) is 0 Å². The van der Waals surface area contributed by atoms with E-state index >= 15 is 0 Å². The topological polar surface area (TPSA) is 56.1 Å². The summed E-state index contributed by atoms with van der Waals surface area (Å²) in [5.41, 5.74) is 3.64. The Balaban J connectivity index is 1.37. The van der Waals surface area contributed by atoms with Gasteiger partial charge in [-0.1, -0.05) is 38.5 Å². The zero-order chi connectivity index (χ0) is 25.3. The van der Waals surface area contributed by atoms with Crippen LogP contribution in [0, 0.1) is 22.7 Å². The van der Waals surface area contributed by atoms with E-state index in [0.717, 1.165) is 37.8 Å². The number of benzene rings is 1. The van der Waals surface area contributed by atoms with Crippen molar-refractivity contribution in [1.82, 2.24) is 9.78 Å². The predicted octanol–water partition coefficient (Wildman–Crippen LogP) is 6.61. The molecule has 192 valence electrons. The van der Waals surface area contributed by atoms with E-state index in [-0.39, 0.29) is 27.6 Å². The summed E-state index contributed by atoms with van der Waals surface area (Å²) < 4.78 is 7.56. The number of nitrogens with one attached hydrogen (secondary N) is 1. The summed E-state index contributed by atoms with van der Waals surface area (Å²) in [6, 6.07) is 10.1. The van der Waals surface area contributed by atoms with Crippen LogP contribution in [-0.2, 0) is 20.4 Å². The molecule has 1 spiro atoms. The van der Waals surface area contributed by atoms with Crippen molar-refractivity contribution in [2.45, 2.75) is 89.9 Å². The number of para-hydroxylation sites is 1. The minimum Gasteiger partial charge on any atom is -0.466 e. The smallest absolute Gasteiger partial charge is 0.312 e. The molecule has 4 aliphatic rings. The van der Waals surface area contributed by atoms with Crippen molar-refractivity contribution in [3.05, 3.63) is 47.8 Å². The van der Waals surface area contributed by atoms with Gasteiger partial charge in [-0.2, -0.15) is 5.10 Å². The molecule has 3 fully saturated rings. The van der Waals surface area contributed by atoms with Crippen molar-refractivity contribution in [3.63, 3.8) is 0 Å². The van der Waals surface area contributed by atoms with Crippen LogP contribution in [0.1, 0.15) is 90.3 Å². The van der Waals surface area contributed by atoms with Gasteiger partial charge in [0, 0.05) is 28.3 Å². The highest BCUT2D eigenvalue weighted by atomic mass is 32.1. The van der Waals surface area contributed by atoms with Gasteiger partial charge in [0.25, 0.3) is 0 Å². The van der Waals surface area contributed by atoms with Crippen LogP contribution in [0.4, 0.5) is 5.69 Å². The summed E-state index contributed by atoms with van der Waals surface area (Å²) in [6.07, 6.45) is 11.2. The quantitative estimate of drug-likeness (QED) is 0.376. The zero-order valence-electron chi connectivity index (χ0n) is 22.1. The molecule has 0 radical (unpaired) electrons. The lowest BCUT2D eigenvalue weighted by molar-refractivity contribution is -0.180. The molecule has 2 bridgehead atoms. The van der Waals surface area contributed by atoms with Crippen LogP contribution in [0.3, 0.4) is 0 Å². The number of nitrogens with zero attached hydrogens (tertiary/aromatic N) is 2. The van der Waals surface area contributed by atoms with Crippen LogP contribution in [0.25, 0.3) is 0 Å². The number of rotatable bonds is 3. The summed E-state index contributed by atoms with van der Waals surface area (Å²) in [7, 11) is 0. The first-order chi connectivity index (χ1) is 17.2. The Hall–Kier alpha value is -2.21. The summed E-state index contributed by atoms with van der Waals surface area (Å²) >= 11 is 5.80. The maximum absolute atomic E-state index is 13.3. The molecule has 1 heterocycles. The second kappa shape index (κ2) is 8.14. The second-order valence-electron chi connectivity index (χ2n) is 12.7. The normalized spacial score (nSPS) is 38.4. The fourth-order valence-corrected chi connectivity index (χ4v) is 9.61. The molecule has 0 aliphatic heterocycles. The van der Waals surface area contributed by atoms with Gasteiger partial charge >= 0.3 is 5.97 Å². The molecule has 6 atom stereocenters. The Labute approximate surface area is 220 Å². The van der Waals surface area contributed by atoms with E-state index in [9.17, 15) is 4.79 Å². The molecule has 0 amide bonds. The van der Waals surface area contributed by atoms with Crippen molar-refractivity contribution >= 4 is 29.0 Å². The largest absolute Gasteiger partial charge is 0.466 e. The van der Waals surface area contributed by atoms with E-state index in [0.29, 0.717) is 23.6 Å². The number of hydrogen-bond donors (Lipinski definition) is 1. The molecule has 36 heavy (non-hydrogen) atoms. The van der Waals surface area contributed by atoms with Crippen molar-refractivity contribution < 1.29 is 9.53 Å². The SMILES string of the molecule is CCOC(=O)[C@]1(C)CCC[C@@]2(C)[C@@H]3CC[C@@]4(C)C[C@]3(CC[C@@H]21)c1cn(C(=S)Nc2ccccc2)nc14. The monoisotopic (exact) mass is 505 g/mol. The van der Waals surface area contributed by atoms with Gasteiger partial charge < -0.3 is 10.1 Å². The Morgan fingerprint density at radius 2 is 1.86 bits per heavy atom. The average Bonchev–Trinajstić information content (AvgIpc) is 3.37. The Morgan fingerprint density at radius 3 is 2.61 bits per heavy atom. The number of hydrogen-bond acceptors (Lipinski definition) is 4. The fourth-order valence-electron chi connectivity index (χ4n) is 9.40. The van der Waals surface area contributed by atoms with E-state index < -0.39 is 0 Å². The first-order valence-electron chi connectivity index (χ1n) is 13.8. The molecule has 6 rings (SSSR count). The predicted molar refractivity (Wildman–Crippen MR) is 146 cm³/mol. The van der Waals surface area contributed by atoms with E-state index in [1.807, 2.05) is 41.9 Å². The highest BCUT2D eigenvalue weighted by Crippen LogP contribution is 2.72. The van der Waals surface area contributed by atoms with Gasteiger partial charge in [0.1, 0.15) is 0 Å². The Kier molecular flexibility index (Phi) is 5.46. The van der Waals surface area contributed by atoms with Gasteiger partial charge in [-0.25, -0.2) is 4.68 Å². The number of carbonyl (C=O) groups is 1. The molecule has 6 heteroatoms. The first-order valence-corrected chi connectivity index (χ1v) is 14.2. The summed E-state index contributed by atoms with van der Waals surface area (Å²) in [6.45, 7) is 9.51. The second-order valence-corrected chi connectivity index (χ2v) is 13.1. The Bertz CT molecular complexity index is 1210. The summed E-state index contributed by atoms with van der Waals surface area (Å²) in [4.78, 5) is 13.3. The number of fused-ring (bicyclic) bond motifs is 5. The first kappa shape index (κ1) is 24.1. The summed E-state index contributed by atoms with van der Waals surface area (Å²) in [5.74, 6) is 0.952. The number of thiocarbonyl (C=S) groups is 1. The number of carbonyl (C=O) groups excluding carboxylic acids is 1.